The Morgan fingerprint density at radius 2 is 1.88 bits per heavy atom. The van der Waals surface area contributed by atoms with E-state index in [0.29, 0.717) is 19.6 Å². The lowest BCUT2D eigenvalue weighted by atomic mass is 10.2. The van der Waals surface area contributed by atoms with Crippen molar-refractivity contribution in [3.05, 3.63) is 34.3 Å². The third-order valence-corrected chi connectivity index (χ3v) is 4.91. The van der Waals surface area contributed by atoms with Gasteiger partial charge in [0.25, 0.3) is 10.2 Å². The van der Waals surface area contributed by atoms with Crippen molar-refractivity contribution >= 4 is 26.1 Å². The van der Waals surface area contributed by atoms with Crippen LogP contribution in [0.5, 0.6) is 0 Å². The molecule has 0 atom stereocenters. The molecule has 88 valence electrons. The molecule has 0 radical (unpaired) electrons. The first-order chi connectivity index (χ1) is 7.50. The molecule has 1 saturated heterocycles. The van der Waals surface area contributed by atoms with E-state index in [-0.39, 0.29) is 0 Å². The van der Waals surface area contributed by atoms with Gasteiger partial charge in [0, 0.05) is 31.2 Å². The van der Waals surface area contributed by atoms with Gasteiger partial charge in [-0.2, -0.15) is 17.0 Å². The van der Waals surface area contributed by atoms with E-state index >= 15 is 0 Å². The summed E-state index contributed by atoms with van der Waals surface area (Å²) in [7, 11) is -1.61. The summed E-state index contributed by atoms with van der Waals surface area (Å²) in [6.07, 6.45) is 0. The fourth-order valence-electron chi connectivity index (χ4n) is 1.40. The van der Waals surface area contributed by atoms with Crippen LogP contribution >= 0.6 is 15.9 Å². The standard InChI is InChI=1S/C10H13BrN2O2S/c1-12(16(14,15)13-6-7-13)8-9-2-4-10(11)5-3-9/h2-5H,6-8H2,1H3. The highest BCUT2D eigenvalue weighted by molar-refractivity contribution is 9.10. The van der Waals surface area contributed by atoms with Crippen molar-refractivity contribution in [3.63, 3.8) is 0 Å². The molecule has 6 heteroatoms. The van der Waals surface area contributed by atoms with Gasteiger partial charge < -0.3 is 0 Å². The van der Waals surface area contributed by atoms with Gasteiger partial charge in [0.15, 0.2) is 0 Å². The van der Waals surface area contributed by atoms with Crippen molar-refractivity contribution in [2.24, 2.45) is 0 Å². The maximum atomic E-state index is 11.8. The molecule has 0 aromatic heterocycles. The molecule has 1 fully saturated rings. The van der Waals surface area contributed by atoms with Crippen LogP contribution in [0.4, 0.5) is 0 Å². The number of halogens is 1. The maximum absolute atomic E-state index is 11.8. The van der Waals surface area contributed by atoms with Crippen LogP contribution < -0.4 is 0 Å². The van der Waals surface area contributed by atoms with E-state index in [4.69, 9.17) is 0 Å². The first-order valence-corrected chi connectivity index (χ1v) is 7.15. The Labute approximate surface area is 104 Å². The van der Waals surface area contributed by atoms with Crippen LogP contribution in [-0.2, 0) is 16.8 Å². The van der Waals surface area contributed by atoms with Gasteiger partial charge in [-0.1, -0.05) is 28.1 Å². The predicted molar refractivity (Wildman–Crippen MR) is 66.1 cm³/mol. The molecular formula is C10H13BrN2O2S. The van der Waals surface area contributed by atoms with Crippen LogP contribution in [-0.4, -0.2) is 37.2 Å². The van der Waals surface area contributed by atoms with Gasteiger partial charge in [-0.15, -0.1) is 0 Å². The van der Waals surface area contributed by atoms with Crippen LogP contribution in [0.1, 0.15) is 5.56 Å². The van der Waals surface area contributed by atoms with Crippen LogP contribution in [0, 0.1) is 0 Å². The summed E-state index contributed by atoms with van der Waals surface area (Å²) < 4.78 is 27.4. The van der Waals surface area contributed by atoms with Gasteiger partial charge in [0.05, 0.1) is 0 Å². The maximum Gasteiger partial charge on any atom is 0.282 e. The Kier molecular flexibility index (Phi) is 3.34. The van der Waals surface area contributed by atoms with Crippen LogP contribution in [0.3, 0.4) is 0 Å². The fourth-order valence-corrected chi connectivity index (χ4v) is 2.91. The van der Waals surface area contributed by atoms with Crippen molar-refractivity contribution in [2.75, 3.05) is 20.1 Å². The van der Waals surface area contributed by atoms with Crippen LogP contribution in [0.2, 0.25) is 0 Å². The van der Waals surface area contributed by atoms with Crippen LogP contribution in [0.15, 0.2) is 28.7 Å². The van der Waals surface area contributed by atoms with Gasteiger partial charge in [0.2, 0.25) is 0 Å². The van der Waals surface area contributed by atoms with Crippen molar-refractivity contribution in [2.45, 2.75) is 6.54 Å². The summed E-state index contributed by atoms with van der Waals surface area (Å²) in [5.74, 6) is 0. The minimum Gasteiger partial charge on any atom is -0.195 e. The van der Waals surface area contributed by atoms with E-state index in [1.165, 1.54) is 8.61 Å². The molecule has 1 aliphatic heterocycles. The lowest BCUT2D eigenvalue weighted by Crippen LogP contribution is -2.31. The number of hydrogen-bond donors (Lipinski definition) is 0. The predicted octanol–water partition coefficient (Wildman–Crippen LogP) is 1.44. The Morgan fingerprint density at radius 3 is 2.38 bits per heavy atom. The topological polar surface area (TPSA) is 40.4 Å². The molecule has 2 rings (SSSR count). The molecule has 0 N–H and O–H groups in total. The van der Waals surface area contributed by atoms with Gasteiger partial charge in [-0.05, 0) is 17.7 Å². The van der Waals surface area contributed by atoms with Gasteiger partial charge in [-0.25, -0.2) is 0 Å². The lowest BCUT2D eigenvalue weighted by Gasteiger charge is -2.17. The Bertz CT molecular complexity index is 468. The van der Waals surface area contributed by atoms with Gasteiger partial charge in [-0.3, -0.25) is 0 Å². The highest BCUT2D eigenvalue weighted by atomic mass is 79.9. The summed E-state index contributed by atoms with van der Waals surface area (Å²) in [5, 5.41) is 0. The van der Waals surface area contributed by atoms with E-state index in [0.717, 1.165) is 10.0 Å². The first kappa shape index (κ1) is 12.0. The summed E-state index contributed by atoms with van der Waals surface area (Å²) in [4.78, 5) is 0. The van der Waals surface area contributed by atoms with Gasteiger partial charge in [0.1, 0.15) is 0 Å². The molecule has 0 amide bonds. The molecular weight excluding hydrogens is 292 g/mol. The number of benzene rings is 1. The Hall–Kier alpha value is -0.430. The second kappa shape index (κ2) is 4.44. The largest absolute Gasteiger partial charge is 0.282 e. The molecule has 4 nitrogen and oxygen atoms in total. The van der Waals surface area contributed by atoms with Crippen molar-refractivity contribution in [1.82, 2.24) is 8.61 Å². The zero-order valence-electron chi connectivity index (χ0n) is 8.93. The second-order valence-corrected chi connectivity index (χ2v) is 6.74. The lowest BCUT2D eigenvalue weighted by molar-refractivity contribution is 0.439. The second-order valence-electron chi connectivity index (χ2n) is 3.79. The van der Waals surface area contributed by atoms with E-state index in [1.54, 1.807) is 7.05 Å². The summed E-state index contributed by atoms with van der Waals surface area (Å²) in [6, 6.07) is 7.65. The van der Waals surface area contributed by atoms with Crippen molar-refractivity contribution in [1.29, 1.82) is 0 Å². The van der Waals surface area contributed by atoms with E-state index in [9.17, 15) is 8.42 Å². The molecule has 0 spiro atoms. The number of nitrogens with zero attached hydrogens (tertiary/aromatic N) is 2. The SMILES string of the molecule is CN(Cc1ccc(Br)cc1)S(=O)(=O)N1CC1. The smallest absolute Gasteiger partial charge is 0.195 e. The van der Waals surface area contributed by atoms with Crippen LogP contribution in [0.25, 0.3) is 0 Å². The molecule has 1 heterocycles. The highest BCUT2D eigenvalue weighted by Gasteiger charge is 2.34. The number of hydrogen-bond acceptors (Lipinski definition) is 2. The van der Waals surface area contributed by atoms with Crippen molar-refractivity contribution < 1.29 is 8.42 Å². The third-order valence-electron chi connectivity index (χ3n) is 2.44. The molecule has 0 saturated carbocycles. The average Bonchev–Trinajstić information content (AvgIpc) is 3.05. The van der Waals surface area contributed by atoms with E-state index < -0.39 is 10.2 Å². The minimum atomic E-state index is -3.22. The third kappa shape index (κ3) is 2.63. The molecule has 0 bridgehead atoms. The zero-order chi connectivity index (χ0) is 11.8. The molecule has 16 heavy (non-hydrogen) atoms. The minimum absolute atomic E-state index is 0.409. The molecule has 1 aromatic carbocycles. The summed E-state index contributed by atoms with van der Waals surface area (Å²) in [5.41, 5.74) is 0.983. The quantitative estimate of drug-likeness (QED) is 0.790. The molecule has 1 aromatic rings. The fraction of sp³-hybridized carbons (Fsp3) is 0.400. The summed E-state index contributed by atoms with van der Waals surface area (Å²) in [6.45, 7) is 1.70. The zero-order valence-corrected chi connectivity index (χ0v) is 11.3. The molecule has 0 aliphatic carbocycles. The monoisotopic (exact) mass is 304 g/mol. The van der Waals surface area contributed by atoms with Gasteiger partial charge >= 0.3 is 0 Å². The Morgan fingerprint density at radius 1 is 1.31 bits per heavy atom. The summed E-state index contributed by atoms with van der Waals surface area (Å²) >= 11 is 3.34. The highest BCUT2D eigenvalue weighted by Crippen LogP contribution is 2.18. The van der Waals surface area contributed by atoms with E-state index in [2.05, 4.69) is 15.9 Å². The van der Waals surface area contributed by atoms with Crippen molar-refractivity contribution in [3.8, 4) is 0 Å². The molecule has 0 unspecified atom stereocenters. The van der Waals surface area contributed by atoms with E-state index in [1.807, 2.05) is 24.3 Å². The normalized spacial score (nSPS) is 16.7. The average molecular weight is 305 g/mol. The number of rotatable bonds is 4. The first-order valence-electron chi connectivity index (χ1n) is 4.96. The molecule has 1 aliphatic rings. The Balaban J connectivity index is 2.07.